The van der Waals surface area contributed by atoms with E-state index >= 15 is 4.39 Å². The number of sulfone groups is 1. The van der Waals surface area contributed by atoms with Crippen molar-refractivity contribution in [3.63, 3.8) is 0 Å². The Kier molecular flexibility index (Phi) is 7.47. The van der Waals surface area contributed by atoms with Crippen LogP contribution in [0.1, 0.15) is 62.1 Å². The van der Waals surface area contributed by atoms with Gasteiger partial charge in [-0.25, -0.2) is 17.2 Å². The molecule has 5 rings (SSSR count). The van der Waals surface area contributed by atoms with Crippen LogP contribution in [0, 0.1) is 17.7 Å². The molecule has 236 valence electrons. The summed E-state index contributed by atoms with van der Waals surface area (Å²) in [7, 11) is -4.51. The van der Waals surface area contributed by atoms with Gasteiger partial charge in [0, 0.05) is 23.4 Å². The van der Waals surface area contributed by atoms with Crippen molar-refractivity contribution in [2.24, 2.45) is 11.8 Å². The summed E-state index contributed by atoms with van der Waals surface area (Å²) >= 11 is 0. The van der Waals surface area contributed by atoms with Gasteiger partial charge in [0.15, 0.2) is 9.84 Å². The summed E-state index contributed by atoms with van der Waals surface area (Å²) in [6.45, 7) is 1.58. The molecule has 0 aliphatic heterocycles. The van der Waals surface area contributed by atoms with Crippen molar-refractivity contribution in [2.45, 2.75) is 91.2 Å². The van der Waals surface area contributed by atoms with Crippen molar-refractivity contribution in [1.82, 2.24) is 5.32 Å². The van der Waals surface area contributed by atoms with Gasteiger partial charge >= 0.3 is 18.0 Å². The lowest BCUT2D eigenvalue weighted by Crippen LogP contribution is -2.52. The molecule has 0 aromatic heterocycles. The molecule has 0 unspecified atom stereocenters. The van der Waals surface area contributed by atoms with Gasteiger partial charge in [0.1, 0.15) is 10.6 Å². The minimum absolute atomic E-state index is 0.0712. The van der Waals surface area contributed by atoms with Crippen LogP contribution in [0.2, 0.25) is 0 Å². The second-order valence-electron chi connectivity index (χ2n) is 12.1. The Hall–Kier alpha value is -2.74. The lowest BCUT2D eigenvalue weighted by molar-refractivity contribution is -0.348. The first-order chi connectivity index (χ1) is 19.7. The van der Waals surface area contributed by atoms with Crippen molar-refractivity contribution in [3.8, 4) is 0 Å². The van der Waals surface area contributed by atoms with E-state index in [0.29, 0.717) is 12.1 Å². The van der Waals surface area contributed by atoms with E-state index in [0.717, 1.165) is 30.3 Å². The van der Waals surface area contributed by atoms with Gasteiger partial charge < -0.3 is 10.4 Å². The van der Waals surface area contributed by atoms with E-state index in [4.69, 9.17) is 0 Å². The van der Waals surface area contributed by atoms with Crippen molar-refractivity contribution < 1.29 is 53.4 Å². The molecule has 0 bridgehead atoms. The van der Waals surface area contributed by atoms with Crippen LogP contribution in [-0.2, 0) is 31.5 Å². The molecule has 0 spiro atoms. The highest BCUT2D eigenvalue weighted by Gasteiger charge is 2.73. The zero-order chi connectivity index (χ0) is 31.8. The van der Waals surface area contributed by atoms with Crippen LogP contribution in [0.15, 0.2) is 47.4 Å². The lowest BCUT2D eigenvalue weighted by Gasteiger charge is -2.41. The maximum atomic E-state index is 15.0. The van der Waals surface area contributed by atoms with E-state index in [1.807, 2.05) is 0 Å². The summed E-state index contributed by atoms with van der Waals surface area (Å²) in [5, 5.41) is 12.9. The van der Waals surface area contributed by atoms with Crippen molar-refractivity contribution in [3.05, 3.63) is 65.0 Å². The van der Waals surface area contributed by atoms with E-state index in [2.05, 4.69) is 5.32 Å². The van der Waals surface area contributed by atoms with E-state index in [-0.39, 0.29) is 61.0 Å². The molecule has 43 heavy (non-hydrogen) atoms. The smallest absolute Gasteiger partial charge is 0.390 e. The Balaban J connectivity index is 1.65. The largest absolute Gasteiger partial charge is 0.435 e. The molecular formula is C29H29F8NO4S. The van der Waals surface area contributed by atoms with Crippen molar-refractivity contribution in [2.75, 3.05) is 0 Å². The van der Waals surface area contributed by atoms with Crippen LogP contribution in [0.25, 0.3) is 0 Å². The Morgan fingerprint density at radius 2 is 1.56 bits per heavy atom. The lowest BCUT2D eigenvalue weighted by atomic mass is 9.71. The fraction of sp³-hybridized carbons (Fsp3) is 0.552. The third kappa shape index (κ3) is 4.92. The molecular weight excluding hydrogens is 610 g/mol. The normalized spacial score (nSPS) is 29.7. The predicted molar refractivity (Wildman–Crippen MR) is 138 cm³/mol. The number of carbonyl (C=O) groups excluding carboxylic acids is 1. The second kappa shape index (κ2) is 10.1. The minimum atomic E-state index is -6.35. The number of hydrogen-bond donors (Lipinski definition) is 2. The van der Waals surface area contributed by atoms with Crippen molar-refractivity contribution >= 4 is 15.7 Å². The first kappa shape index (κ1) is 31.7. The number of fused-ring (bicyclic) bond motifs is 3. The molecule has 0 heterocycles. The van der Waals surface area contributed by atoms with Crippen LogP contribution in [0.4, 0.5) is 35.1 Å². The summed E-state index contributed by atoms with van der Waals surface area (Å²) in [6, 6.07) is 4.75. The molecule has 0 radical (unpaired) electrons. The Morgan fingerprint density at radius 3 is 2.12 bits per heavy atom. The summed E-state index contributed by atoms with van der Waals surface area (Å²) < 4.78 is 137. The standard InChI is InChI=1S/C29H29F8NO4S/c1-25(40)14-17(15-25)24(39)38-23-11-12-26(43(41,42)20-8-6-19(30)7-9-20)21-10-5-18(13-16(21)3-2-4-22(23)26)27(31,28(32,33)34)29(35,36)37/h5-10,13,17,22-23,40H,2-4,11-12,14-15H2,1H3,(H,38,39)/t17-,22-,23+,25+,26+/m0/s1. The molecule has 2 aromatic rings. The second-order valence-corrected chi connectivity index (χ2v) is 14.3. The Morgan fingerprint density at radius 1 is 0.953 bits per heavy atom. The summed E-state index contributed by atoms with van der Waals surface area (Å²) in [5.41, 5.74) is -8.66. The fourth-order valence-electron chi connectivity index (χ4n) is 7.24. The highest BCUT2D eigenvalue weighted by Crippen LogP contribution is 2.58. The van der Waals surface area contributed by atoms with Gasteiger partial charge in [-0.2, -0.15) is 26.3 Å². The van der Waals surface area contributed by atoms with Gasteiger partial charge in [0.25, 0.3) is 0 Å². The number of rotatable bonds is 5. The molecule has 2 fully saturated rings. The molecule has 3 aliphatic rings. The van der Waals surface area contributed by atoms with Crippen LogP contribution >= 0.6 is 0 Å². The molecule has 3 atom stereocenters. The molecule has 0 saturated heterocycles. The van der Waals surface area contributed by atoms with Gasteiger partial charge in [-0.15, -0.1) is 0 Å². The summed E-state index contributed by atoms with van der Waals surface area (Å²) in [5.74, 6) is -2.50. The highest BCUT2D eigenvalue weighted by molar-refractivity contribution is 7.92. The maximum Gasteiger partial charge on any atom is 0.435 e. The SMILES string of the molecule is C[C@]1(O)C[C@@H](C(=O)N[C@@H]2CC[C@@]3(S(=O)(=O)c4ccc(F)cc4)c4ccc(C(F)(C(F)(F)F)C(F)(F)F)cc4CCC[C@@H]23)C1. The third-order valence-corrected chi connectivity index (χ3v) is 11.9. The highest BCUT2D eigenvalue weighted by atomic mass is 32.2. The summed E-state index contributed by atoms with van der Waals surface area (Å²) in [6.07, 6.45) is -12.2. The van der Waals surface area contributed by atoms with E-state index < -0.39 is 73.4 Å². The van der Waals surface area contributed by atoms with Crippen LogP contribution in [-0.4, -0.2) is 43.4 Å². The van der Waals surface area contributed by atoms with Gasteiger partial charge in [-0.1, -0.05) is 18.2 Å². The van der Waals surface area contributed by atoms with Crippen LogP contribution < -0.4 is 5.32 Å². The Labute approximate surface area is 242 Å². The quantitative estimate of drug-likeness (QED) is 0.303. The molecule has 5 nitrogen and oxygen atoms in total. The number of alkyl halides is 7. The van der Waals surface area contributed by atoms with E-state index in [1.165, 1.54) is 0 Å². The molecule has 2 N–H and O–H groups in total. The third-order valence-electron chi connectivity index (χ3n) is 9.29. The van der Waals surface area contributed by atoms with Crippen LogP contribution in [0.3, 0.4) is 0 Å². The van der Waals surface area contributed by atoms with E-state index in [9.17, 15) is 49.1 Å². The average molecular weight is 640 g/mol. The first-order valence-electron chi connectivity index (χ1n) is 13.7. The number of halogens is 8. The van der Waals surface area contributed by atoms with Gasteiger partial charge in [0.05, 0.1) is 10.5 Å². The van der Waals surface area contributed by atoms with Gasteiger partial charge in [-0.3, -0.25) is 4.79 Å². The number of aliphatic hydroxyl groups is 1. The summed E-state index contributed by atoms with van der Waals surface area (Å²) in [4.78, 5) is 12.7. The molecule has 14 heteroatoms. The first-order valence-corrected chi connectivity index (χ1v) is 15.2. The zero-order valence-electron chi connectivity index (χ0n) is 22.8. The van der Waals surface area contributed by atoms with Crippen LogP contribution in [0.5, 0.6) is 0 Å². The average Bonchev–Trinajstić information content (AvgIpc) is 3.15. The number of nitrogens with one attached hydrogen (secondary N) is 1. The van der Waals surface area contributed by atoms with Gasteiger partial charge in [-0.05, 0) is 87.3 Å². The van der Waals surface area contributed by atoms with Gasteiger partial charge in [0.2, 0.25) is 5.91 Å². The zero-order valence-corrected chi connectivity index (χ0v) is 23.6. The monoisotopic (exact) mass is 639 g/mol. The van der Waals surface area contributed by atoms with E-state index in [1.54, 1.807) is 6.92 Å². The maximum absolute atomic E-state index is 15.0. The minimum Gasteiger partial charge on any atom is -0.390 e. The molecule has 3 aliphatic carbocycles. The number of benzene rings is 2. The number of aryl methyl sites for hydroxylation is 1. The number of carbonyl (C=O) groups is 1. The molecule has 2 aromatic carbocycles. The molecule has 1 amide bonds. The fourth-order valence-corrected chi connectivity index (χ4v) is 9.71. The molecule has 2 saturated carbocycles. The van der Waals surface area contributed by atoms with Crippen molar-refractivity contribution in [1.29, 1.82) is 0 Å². The number of hydrogen-bond acceptors (Lipinski definition) is 4. The predicted octanol–water partition coefficient (Wildman–Crippen LogP) is 6.18. The topological polar surface area (TPSA) is 83.5 Å². The Bertz CT molecular complexity index is 1500. The number of amides is 1.